The first-order chi connectivity index (χ1) is 35.0. The van der Waals surface area contributed by atoms with Crippen LogP contribution < -0.4 is 0 Å². The van der Waals surface area contributed by atoms with E-state index in [1.807, 2.05) is 0 Å². The lowest BCUT2D eigenvalue weighted by atomic mass is 10.0. The van der Waals surface area contributed by atoms with Gasteiger partial charge in [0.2, 0.25) is 0 Å². The highest BCUT2D eigenvalue weighted by molar-refractivity contribution is 5.71. The molecule has 0 saturated heterocycles. The molecule has 6 heteroatoms. The van der Waals surface area contributed by atoms with Crippen molar-refractivity contribution in [2.45, 2.75) is 284 Å². The predicted octanol–water partition coefficient (Wildman–Crippen LogP) is 20.1. The number of rotatable bonds is 53. The number of hydrogen-bond donors (Lipinski definition) is 0. The molecule has 0 bridgehead atoms. The Kier molecular flexibility index (Phi) is 55.9. The molecular weight excluding hydrogens is 877 g/mol. The number of esters is 3. The highest BCUT2D eigenvalue weighted by atomic mass is 16.6. The van der Waals surface area contributed by atoms with Crippen molar-refractivity contribution in [1.82, 2.24) is 0 Å². The van der Waals surface area contributed by atoms with Crippen molar-refractivity contribution < 1.29 is 28.6 Å². The predicted molar refractivity (Wildman–Crippen MR) is 307 cm³/mol. The average Bonchev–Trinajstić information content (AvgIpc) is 3.37. The molecule has 1 atom stereocenters. The van der Waals surface area contributed by atoms with E-state index in [2.05, 4.69) is 118 Å². The second kappa shape index (κ2) is 58.9. The van der Waals surface area contributed by atoms with Crippen LogP contribution in [0.4, 0.5) is 0 Å². The van der Waals surface area contributed by atoms with Crippen molar-refractivity contribution in [2.24, 2.45) is 0 Å². The fourth-order valence-corrected chi connectivity index (χ4v) is 8.13. The summed E-state index contributed by atoms with van der Waals surface area (Å²) in [5.74, 6) is -1.00. The molecule has 0 saturated carbocycles. The lowest BCUT2D eigenvalue weighted by molar-refractivity contribution is -0.167. The number of allylic oxidation sites excluding steroid dienone is 16. The van der Waals surface area contributed by atoms with Crippen LogP contribution in [0, 0.1) is 0 Å². The SMILES string of the molecule is CC/C=C\C/C=C\C/C=C\C/C=C\C/C=C\CCCC(=O)OC[C@H](COC(=O)CCCC/C=C\C/C=C\C/C=C\CCCCC)OC(=O)CCCCCCCCCCCCCCCCCCCCCCC. The Morgan fingerprint density at radius 2 is 0.563 bits per heavy atom. The summed E-state index contributed by atoms with van der Waals surface area (Å²) < 4.78 is 16.8. The summed E-state index contributed by atoms with van der Waals surface area (Å²) in [4.78, 5) is 38.2. The zero-order valence-electron chi connectivity index (χ0n) is 46.5. The molecule has 6 nitrogen and oxygen atoms in total. The Bertz CT molecular complexity index is 1410. The fourth-order valence-electron chi connectivity index (χ4n) is 8.13. The Labute approximate surface area is 438 Å². The molecule has 0 fully saturated rings. The second-order valence-corrected chi connectivity index (χ2v) is 19.5. The molecule has 0 unspecified atom stereocenters. The van der Waals surface area contributed by atoms with Crippen molar-refractivity contribution in [3.05, 3.63) is 97.2 Å². The summed E-state index contributed by atoms with van der Waals surface area (Å²) in [6.45, 7) is 6.44. The Hall–Kier alpha value is -3.67. The zero-order valence-corrected chi connectivity index (χ0v) is 46.5. The number of carbonyl (C=O) groups is 3. The van der Waals surface area contributed by atoms with E-state index >= 15 is 0 Å². The van der Waals surface area contributed by atoms with Gasteiger partial charge in [0.05, 0.1) is 0 Å². The van der Waals surface area contributed by atoms with Gasteiger partial charge < -0.3 is 14.2 Å². The lowest BCUT2D eigenvalue weighted by Crippen LogP contribution is -2.30. The molecule has 0 aromatic heterocycles. The minimum atomic E-state index is -0.816. The molecule has 0 aliphatic rings. The third-order valence-corrected chi connectivity index (χ3v) is 12.6. The maximum Gasteiger partial charge on any atom is 0.306 e. The summed E-state index contributed by atoms with van der Waals surface area (Å²) in [5.41, 5.74) is 0. The first-order valence-corrected chi connectivity index (χ1v) is 29.7. The van der Waals surface area contributed by atoms with E-state index in [0.29, 0.717) is 19.3 Å². The molecule has 71 heavy (non-hydrogen) atoms. The Morgan fingerprint density at radius 3 is 0.944 bits per heavy atom. The van der Waals surface area contributed by atoms with Crippen molar-refractivity contribution in [3.63, 3.8) is 0 Å². The highest BCUT2D eigenvalue weighted by Gasteiger charge is 2.19. The third-order valence-electron chi connectivity index (χ3n) is 12.6. The maximum absolute atomic E-state index is 12.9. The molecule has 0 N–H and O–H groups in total. The highest BCUT2D eigenvalue weighted by Crippen LogP contribution is 2.16. The van der Waals surface area contributed by atoms with Crippen LogP contribution in [0.5, 0.6) is 0 Å². The van der Waals surface area contributed by atoms with Crippen LogP contribution in [-0.2, 0) is 28.6 Å². The van der Waals surface area contributed by atoms with Crippen LogP contribution in [0.15, 0.2) is 97.2 Å². The minimum Gasteiger partial charge on any atom is -0.462 e. The molecule has 0 spiro atoms. The van der Waals surface area contributed by atoms with Gasteiger partial charge in [0.1, 0.15) is 13.2 Å². The van der Waals surface area contributed by atoms with Gasteiger partial charge in [0.25, 0.3) is 0 Å². The van der Waals surface area contributed by atoms with Gasteiger partial charge in [-0.25, -0.2) is 0 Å². The van der Waals surface area contributed by atoms with Crippen LogP contribution in [0.2, 0.25) is 0 Å². The summed E-state index contributed by atoms with van der Waals surface area (Å²) in [6, 6.07) is 0. The maximum atomic E-state index is 12.9. The summed E-state index contributed by atoms with van der Waals surface area (Å²) in [5, 5.41) is 0. The number of unbranched alkanes of at least 4 members (excludes halogenated alkanes) is 26. The molecule has 0 amide bonds. The average molecular weight is 988 g/mol. The summed E-state index contributed by atoms with van der Waals surface area (Å²) in [6.07, 6.45) is 78.4. The van der Waals surface area contributed by atoms with Gasteiger partial charge in [-0.1, -0.05) is 259 Å². The van der Waals surface area contributed by atoms with Crippen molar-refractivity contribution in [3.8, 4) is 0 Å². The standard InChI is InChI=1S/C65H110O6/c1-4-7-10-13-16-19-22-25-28-30-31-32-33-35-38-41-44-47-50-53-56-59-65(68)71-62(60-69-63(66)57-54-51-48-45-42-39-36-27-24-21-18-15-12-9-6-3)61-70-64(67)58-55-52-49-46-43-40-37-34-29-26-23-20-17-14-11-8-5-2/h8,11,17-18,20-21,26-27,29,36-37,40,42,45-46,49,62H,4-7,9-10,12-16,19,22-25,28,30-35,38-39,41,43-44,47-48,50-61H2,1-3H3/b11-8-,20-17-,21-18-,29-26-,36-27-,40-37-,45-42-,49-46-/t62-/m0/s1. The molecule has 0 aliphatic heterocycles. The zero-order chi connectivity index (χ0) is 51.4. The molecule has 0 rings (SSSR count). The molecule has 0 radical (unpaired) electrons. The lowest BCUT2D eigenvalue weighted by Gasteiger charge is -2.18. The molecule has 0 aromatic rings. The smallest absolute Gasteiger partial charge is 0.306 e. The van der Waals surface area contributed by atoms with Gasteiger partial charge in [0, 0.05) is 19.3 Å². The summed E-state index contributed by atoms with van der Waals surface area (Å²) in [7, 11) is 0. The van der Waals surface area contributed by atoms with Crippen molar-refractivity contribution in [1.29, 1.82) is 0 Å². The van der Waals surface area contributed by atoms with Gasteiger partial charge in [-0.3, -0.25) is 14.4 Å². The minimum absolute atomic E-state index is 0.114. The van der Waals surface area contributed by atoms with Crippen LogP contribution in [0.1, 0.15) is 278 Å². The van der Waals surface area contributed by atoms with E-state index in [0.717, 1.165) is 89.9 Å². The van der Waals surface area contributed by atoms with Gasteiger partial charge in [0.15, 0.2) is 6.10 Å². The summed E-state index contributed by atoms with van der Waals surface area (Å²) >= 11 is 0. The largest absolute Gasteiger partial charge is 0.462 e. The monoisotopic (exact) mass is 987 g/mol. The molecule has 0 aliphatic carbocycles. The van der Waals surface area contributed by atoms with Crippen molar-refractivity contribution >= 4 is 17.9 Å². The van der Waals surface area contributed by atoms with E-state index in [4.69, 9.17) is 14.2 Å². The number of ether oxygens (including phenoxy) is 3. The molecule has 0 aromatic carbocycles. The van der Waals surface area contributed by atoms with Crippen LogP contribution in [0.3, 0.4) is 0 Å². The Morgan fingerprint density at radius 1 is 0.296 bits per heavy atom. The van der Waals surface area contributed by atoms with Gasteiger partial charge in [-0.15, -0.1) is 0 Å². The molecule has 406 valence electrons. The normalized spacial score (nSPS) is 12.8. The van der Waals surface area contributed by atoms with Crippen LogP contribution in [-0.4, -0.2) is 37.2 Å². The van der Waals surface area contributed by atoms with Gasteiger partial charge in [-0.05, 0) is 96.3 Å². The number of hydrogen-bond acceptors (Lipinski definition) is 6. The van der Waals surface area contributed by atoms with E-state index < -0.39 is 6.10 Å². The van der Waals surface area contributed by atoms with E-state index in [1.54, 1.807) is 0 Å². The van der Waals surface area contributed by atoms with E-state index in [-0.39, 0.29) is 37.5 Å². The van der Waals surface area contributed by atoms with Crippen molar-refractivity contribution in [2.75, 3.05) is 13.2 Å². The fraction of sp³-hybridized carbons (Fsp3) is 0.708. The molecule has 0 heterocycles. The first kappa shape index (κ1) is 67.3. The van der Waals surface area contributed by atoms with Crippen LogP contribution in [0.25, 0.3) is 0 Å². The topological polar surface area (TPSA) is 78.9 Å². The Balaban J connectivity index is 4.47. The van der Waals surface area contributed by atoms with E-state index in [1.165, 1.54) is 141 Å². The second-order valence-electron chi connectivity index (χ2n) is 19.5. The van der Waals surface area contributed by atoms with Gasteiger partial charge >= 0.3 is 17.9 Å². The van der Waals surface area contributed by atoms with Gasteiger partial charge in [-0.2, -0.15) is 0 Å². The number of carbonyl (C=O) groups excluding carboxylic acids is 3. The quantitative estimate of drug-likeness (QED) is 0.0261. The van der Waals surface area contributed by atoms with E-state index in [9.17, 15) is 14.4 Å². The van der Waals surface area contributed by atoms with Crippen LogP contribution >= 0.6 is 0 Å². The molecular formula is C65H110O6. The third kappa shape index (κ3) is 57.1. The first-order valence-electron chi connectivity index (χ1n) is 29.7.